The molecule has 0 radical (unpaired) electrons. The third-order valence-corrected chi connectivity index (χ3v) is 3.34. The third kappa shape index (κ3) is 4.46. The summed E-state index contributed by atoms with van der Waals surface area (Å²) < 4.78 is 5.16. The number of thiophene rings is 1. The Hall–Kier alpha value is -1.73. The van der Waals surface area contributed by atoms with Gasteiger partial charge >= 0.3 is 5.97 Å². The molecular weight excluding hydrogens is 266 g/mol. The predicted molar refractivity (Wildman–Crippen MR) is 71.1 cm³/mol. The predicted octanol–water partition coefficient (Wildman–Crippen LogP) is 1.80. The van der Waals surface area contributed by atoms with Crippen molar-refractivity contribution in [2.75, 3.05) is 13.1 Å². The van der Waals surface area contributed by atoms with Crippen molar-refractivity contribution in [3.8, 4) is 10.7 Å². The minimum Gasteiger partial charge on any atom is -0.481 e. The number of aromatic nitrogens is 2. The van der Waals surface area contributed by atoms with Crippen molar-refractivity contribution in [3.05, 3.63) is 23.4 Å². The fourth-order valence-electron chi connectivity index (χ4n) is 1.55. The topological polar surface area (TPSA) is 88.2 Å². The first-order valence-corrected chi connectivity index (χ1v) is 6.92. The van der Waals surface area contributed by atoms with Crippen molar-refractivity contribution in [2.24, 2.45) is 0 Å². The molecule has 102 valence electrons. The van der Waals surface area contributed by atoms with E-state index >= 15 is 0 Å². The molecule has 2 N–H and O–H groups in total. The molecule has 2 heterocycles. The molecule has 6 nitrogen and oxygen atoms in total. The summed E-state index contributed by atoms with van der Waals surface area (Å²) in [5.74, 6) is 0.456. The van der Waals surface area contributed by atoms with Crippen LogP contribution in [0.1, 0.15) is 18.7 Å². The van der Waals surface area contributed by atoms with Gasteiger partial charge in [0.15, 0.2) is 0 Å². The minimum atomic E-state index is -0.787. The van der Waals surface area contributed by atoms with Gasteiger partial charge in [-0.2, -0.15) is 4.98 Å². The molecule has 0 aromatic carbocycles. The Balaban J connectivity index is 1.68. The van der Waals surface area contributed by atoms with Crippen molar-refractivity contribution < 1.29 is 14.4 Å². The number of carbonyl (C=O) groups is 1. The van der Waals surface area contributed by atoms with Gasteiger partial charge in [0.1, 0.15) is 0 Å². The lowest BCUT2D eigenvalue weighted by molar-refractivity contribution is -0.136. The first-order valence-electron chi connectivity index (χ1n) is 6.04. The van der Waals surface area contributed by atoms with Crippen LogP contribution in [0.5, 0.6) is 0 Å². The van der Waals surface area contributed by atoms with Gasteiger partial charge in [0.25, 0.3) is 0 Å². The molecule has 2 aromatic rings. The van der Waals surface area contributed by atoms with Gasteiger partial charge in [0.05, 0.1) is 11.3 Å². The number of aliphatic carboxylic acids is 1. The second kappa shape index (κ2) is 7.01. The summed E-state index contributed by atoms with van der Waals surface area (Å²) in [6.07, 6.45) is 1.67. The average Bonchev–Trinajstić information content (AvgIpc) is 3.03. The first kappa shape index (κ1) is 13.7. The molecule has 0 amide bonds. The zero-order valence-electron chi connectivity index (χ0n) is 10.3. The third-order valence-electron chi connectivity index (χ3n) is 2.47. The van der Waals surface area contributed by atoms with Crippen LogP contribution in [0.25, 0.3) is 10.7 Å². The van der Waals surface area contributed by atoms with Gasteiger partial charge in [0.2, 0.25) is 11.7 Å². The van der Waals surface area contributed by atoms with Gasteiger partial charge in [-0.15, -0.1) is 11.3 Å². The number of nitrogens with zero attached hydrogens (tertiary/aromatic N) is 2. The zero-order chi connectivity index (χ0) is 13.5. The van der Waals surface area contributed by atoms with E-state index in [9.17, 15) is 4.79 Å². The molecule has 0 saturated carbocycles. The van der Waals surface area contributed by atoms with Crippen molar-refractivity contribution in [3.63, 3.8) is 0 Å². The molecule has 0 aliphatic carbocycles. The molecule has 0 atom stereocenters. The lowest BCUT2D eigenvalue weighted by Gasteiger charge is -2.00. The molecule has 0 spiro atoms. The highest BCUT2D eigenvalue weighted by molar-refractivity contribution is 7.13. The molecule has 0 fully saturated rings. The molecule has 0 aliphatic heterocycles. The Kier molecular flexibility index (Phi) is 5.05. The zero-order valence-corrected chi connectivity index (χ0v) is 11.2. The van der Waals surface area contributed by atoms with E-state index in [1.807, 2.05) is 17.5 Å². The molecule has 0 saturated heterocycles. The Morgan fingerprint density at radius 2 is 2.37 bits per heavy atom. The van der Waals surface area contributed by atoms with Crippen LogP contribution in [-0.2, 0) is 11.2 Å². The van der Waals surface area contributed by atoms with E-state index in [-0.39, 0.29) is 6.42 Å². The van der Waals surface area contributed by atoms with Gasteiger partial charge in [-0.3, -0.25) is 4.79 Å². The highest BCUT2D eigenvalue weighted by Crippen LogP contribution is 2.21. The second-order valence-electron chi connectivity index (χ2n) is 3.99. The van der Waals surface area contributed by atoms with Crippen LogP contribution in [0.4, 0.5) is 0 Å². The van der Waals surface area contributed by atoms with Crippen molar-refractivity contribution in [2.45, 2.75) is 19.3 Å². The smallest absolute Gasteiger partial charge is 0.304 e. The Labute approximate surface area is 114 Å². The fraction of sp³-hybridized carbons (Fsp3) is 0.417. The van der Waals surface area contributed by atoms with E-state index in [0.29, 0.717) is 24.7 Å². The van der Waals surface area contributed by atoms with Crippen LogP contribution in [0, 0.1) is 0 Å². The fourth-order valence-corrected chi connectivity index (χ4v) is 2.20. The van der Waals surface area contributed by atoms with Crippen molar-refractivity contribution in [1.82, 2.24) is 15.5 Å². The van der Waals surface area contributed by atoms with Crippen LogP contribution in [-0.4, -0.2) is 34.3 Å². The Bertz CT molecular complexity index is 510. The molecule has 0 bridgehead atoms. The molecular formula is C12H15N3O3S. The van der Waals surface area contributed by atoms with Crippen LogP contribution in [0.3, 0.4) is 0 Å². The monoisotopic (exact) mass is 281 g/mol. The molecule has 7 heteroatoms. The number of carboxylic acids is 1. The van der Waals surface area contributed by atoms with Crippen LogP contribution in [0.15, 0.2) is 22.0 Å². The summed E-state index contributed by atoms with van der Waals surface area (Å²) >= 11 is 1.57. The van der Waals surface area contributed by atoms with Crippen molar-refractivity contribution >= 4 is 17.3 Å². The van der Waals surface area contributed by atoms with Crippen LogP contribution < -0.4 is 5.32 Å². The normalized spacial score (nSPS) is 10.7. The molecule has 19 heavy (non-hydrogen) atoms. The van der Waals surface area contributed by atoms with E-state index < -0.39 is 5.97 Å². The maximum absolute atomic E-state index is 10.3. The van der Waals surface area contributed by atoms with Crippen LogP contribution in [0.2, 0.25) is 0 Å². The maximum Gasteiger partial charge on any atom is 0.304 e. The summed E-state index contributed by atoms with van der Waals surface area (Å²) in [6.45, 7) is 1.23. The number of nitrogens with one attached hydrogen (secondary N) is 1. The van der Waals surface area contributed by atoms with Gasteiger partial charge < -0.3 is 14.9 Å². The number of hydrogen-bond donors (Lipinski definition) is 2. The summed E-state index contributed by atoms with van der Waals surface area (Å²) in [6, 6.07) is 3.90. The van der Waals surface area contributed by atoms with E-state index in [2.05, 4.69) is 15.5 Å². The van der Waals surface area contributed by atoms with E-state index in [0.717, 1.165) is 17.8 Å². The highest BCUT2D eigenvalue weighted by atomic mass is 32.1. The van der Waals surface area contributed by atoms with E-state index in [4.69, 9.17) is 9.63 Å². The summed E-state index contributed by atoms with van der Waals surface area (Å²) in [5, 5.41) is 17.4. The van der Waals surface area contributed by atoms with Gasteiger partial charge in [-0.1, -0.05) is 11.2 Å². The minimum absolute atomic E-state index is 0.142. The first-order chi connectivity index (χ1) is 9.25. The summed E-state index contributed by atoms with van der Waals surface area (Å²) in [7, 11) is 0. The number of rotatable bonds is 8. The molecule has 0 unspecified atom stereocenters. The van der Waals surface area contributed by atoms with Crippen LogP contribution >= 0.6 is 11.3 Å². The quantitative estimate of drug-likeness (QED) is 0.717. The van der Waals surface area contributed by atoms with E-state index in [1.54, 1.807) is 11.3 Å². The average molecular weight is 281 g/mol. The SMILES string of the molecule is O=C(O)CCNCCCc1nc(-c2cccs2)no1. The Morgan fingerprint density at radius 1 is 1.47 bits per heavy atom. The highest BCUT2D eigenvalue weighted by Gasteiger charge is 2.08. The Morgan fingerprint density at radius 3 is 3.11 bits per heavy atom. The van der Waals surface area contributed by atoms with E-state index in [1.165, 1.54) is 0 Å². The maximum atomic E-state index is 10.3. The summed E-state index contributed by atoms with van der Waals surface area (Å²) in [4.78, 5) is 15.6. The largest absolute Gasteiger partial charge is 0.481 e. The molecule has 2 rings (SSSR count). The molecule has 0 aliphatic rings. The standard InChI is InChI=1S/C12H15N3O3S/c16-11(17)5-7-13-6-1-4-10-14-12(15-18-10)9-3-2-8-19-9/h2-3,8,13H,1,4-7H2,(H,16,17). The van der Waals surface area contributed by atoms with Crippen molar-refractivity contribution in [1.29, 1.82) is 0 Å². The lowest BCUT2D eigenvalue weighted by Crippen LogP contribution is -2.19. The number of hydrogen-bond acceptors (Lipinski definition) is 6. The second-order valence-corrected chi connectivity index (χ2v) is 4.93. The number of aryl methyl sites for hydroxylation is 1. The number of carboxylic acid groups (broad SMARTS) is 1. The lowest BCUT2D eigenvalue weighted by atomic mass is 10.3. The van der Waals surface area contributed by atoms with Gasteiger partial charge in [-0.25, -0.2) is 0 Å². The molecule has 2 aromatic heterocycles. The van der Waals surface area contributed by atoms with Gasteiger partial charge in [0, 0.05) is 13.0 Å². The summed E-state index contributed by atoms with van der Waals surface area (Å²) in [5.41, 5.74) is 0. The van der Waals surface area contributed by atoms with Gasteiger partial charge in [-0.05, 0) is 24.4 Å².